The van der Waals surface area contributed by atoms with E-state index >= 15 is 0 Å². The van der Waals surface area contributed by atoms with Crippen LogP contribution in [0, 0.1) is 26.7 Å². The summed E-state index contributed by atoms with van der Waals surface area (Å²) in [6, 6.07) is 15.7. The van der Waals surface area contributed by atoms with E-state index in [9.17, 15) is 0 Å². The molecule has 0 spiro atoms. The Bertz CT molecular complexity index is 569. The smallest absolute Gasteiger partial charge is 0.00172 e. The summed E-state index contributed by atoms with van der Waals surface area (Å²) in [5.41, 5.74) is 7.02. The third kappa shape index (κ3) is 4.71. The lowest BCUT2D eigenvalue weighted by Gasteiger charge is -2.18. The lowest BCUT2D eigenvalue weighted by molar-refractivity contribution is 0.492. The van der Waals surface area contributed by atoms with Gasteiger partial charge in [-0.1, -0.05) is 53.6 Å². The Balaban J connectivity index is 2.11. The Kier molecular flexibility index (Phi) is 5.58. The number of aryl methyl sites for hydroxylation is 3. The fraction of sp³-hybridized carbons (Fsp3) is 0.400. The van der Waals surface area contributed by atoms with Crippen molar-refractivity contribution < 1.29 is 0 Å². The Hall–Kier alpha value is -1.60. The van der Waals surface area contributed by atoms with E-state index in [1.54, 1.807) is 0 Å². The monoisotopic (exact) mass is 281 g/mol. The highest BCUT2D eigenvalue weighted by atomic mass is 14.8. The molecule has 0 radical (unpaired) electrons. The highest BCUT2D eigenvalue weighted by Gasteiger charge is 2.12. The van der Waals surface area contributed by atoms with Crippen LogP contribution < -0.4 is 5.32 Å². The van der Waals surface area contributed by atoms with Crippen LogP contribution in [0.25, 0.3) is 0 Å². The summed E-state index contributed by atoms with van der Waals surface area (Å²) in [6.07, 6.45) is 2.27. The van der Waals surface area contributed by atoms with E-state index in [0.29, 0.717) is 5.92 Å². The van der Waals surface area contributed by atoms with Crippen molar-refractivity contribution in [3.8, 4) is 0 Å². The summed E-state index contributed by atoms with van der Waals surface area (Å²) in [4.78, 5) is 0. The first-order valence-electron chi connectivity index (χ1n) is 7.84. The van der Waals surface area contributed by atoms with Crippen LogP contribution in [0.15, 0.2) is 42.5 Å². The number of hydrogen-bond acceptors (Lipinski definition) is 1. The molecule has 1 N–H and O–H groups in total. The lowest BCUT2D eigenvalue weighted by Crippen LogP contribution is -2.23. The Morgan fingerprint density at radius 3 is 2.19 bits per heavy atom. The van der Waals surface area contributed by atoms with E-state index < -0.39 is 0 Å². The predicted molar refractivity (Wildman–Crippen MR) is 91.9 cm³/mol. The van der Waals surface area contributed by atoms with Gasteiger partial charge < -0.3 is 5.32 Å². The molecule has 0 aliphatic carbocycles. The quantitative estimate of drug-likeness (QED) is 0.835. The average molecular weight is 281 g/mol. The van der Waals surface area contributed by atoms with E-state index in [1.807, 2.05) is 7.05 Å². The van der Waals surface area contributed by atoms with Gasteiger partial charge in [0.2, 0.25) is 0 Å². The van der Waals surface area contributed by atoms with Crippen molar-refractivity contribution in [2.45, 2.75) is 33.6 Å². The minimum atomic E-state index is 0.637. The molecule has 112 valence electrons. The second-order valence-electron chi connectivity index (χ2n) is 6.25. The van der Waals surface area contributed by atoms with Crippen LogP contribution in [0.4, 0.5) is 0 Å². The summed E-state index contributed by atoms with van der Waals surface area (Å²) in [7, 11) is 2.05. The van der Waals surface area contributed by atoms with Crippen LogP contribution in [0.3, 0.4) is 0 Å². The van der Waals surface area contributed by atoms with E-state index in [2.05, 4.69) is 68.6 Å². The molecule has 21 heavy (non-hydrogen) atoms. The van der Waals surface area contributed by atoms with Gasteiger partial charge in [0, 0.05) is 0 Å². The summed E-state index contributed by atoms with van der Waals surface area (Å²) < 4.78 is 0. The normalized spacial score (nSPS) is 12.4. The molecular weight excluding hydrogens is 254 g/mol. The third-order valence-corrected chi connectivity index (χ3v) is 4.15. The molecule has 1 atom stereocenters. The van der Waals surface area contributed by atoms with Crippen LogP contribution in [0.1, 0.15) is 27.8 Å². The molecule has 0 saturated heterocycles. The topological polar surface area (TPSA) is 12.0 Å². The predicted octanol–water partition coefficient (Wildman–Crippen LogP) is 4.23. The van der Waals surface area contributed by atoms with Gasteiger partial charge in [0.1, 0.15) is 0 Å². The van der Waals surface area contributed by atoms with Crippen molar-refractivity contribution in [3.05, 3.63) is 70.3 Å². The van der Waals surface area contributed by atoms with Gasteiger partial charge in [-0.05, 0) is 69.8 Å². The molecule has 1 nitrogen and oxygen atoms in total. The molecular formula is C20H27N. The minimum Gasteiger partial charge on any atom is -0.319 e. The van der Waals surface area contributed by atoms with E-state index in [4.69, 9.17) is 0 Å². The molecule has 2 aromatic rings. The largest absolute Gasteiger partial charge is 0.319 e. The van der Waals surface area contributed by atoms with Gasteiger partial charge in [-0.25, -0.2) is 0 Å². The van der Waals surface area contributed by atoms with Gasteiger partial charge in [-0.2, -0.15) is 0 Å². The summed E-state index contributed by atoms with van der Waals surface area (Å²) in [5.74, 6) is 0.637. The number of benzene rings is 2. The Morgan fingerprint density at radius 2 is 1.52 bits per heavy atom. The molecule has 2 rings (SSSR count). The number of nitrogens with one attached hydrogen (secondary N) is 1. The molecule has 1 heteroatoms. The molecule has 0 saturated carbocycles. The molecule has 0 aliphatic rings. The first-order chi connectivity index (χ1) is 10.1. The van der Waals surface area contributed by atoms with Crippen molar-refractivity contribution in [1.82, 2.24) is 5.32 Å². The highest BCUT2D eigenvalue weighted by molar-refractivity contribution is 5.31. The fourth-order valence-electron chi connectivity index (χ4n) is 2.89. The van der Waals surface area contributed by atoms with Gasteiger partial charge in [0.15, 0.2) is 0 Å². The fourth-order valence-corrected chi connectivity index (χ4v) is 2.89. The molecule has 0 fully saturated rings. The molecule has 1 unspecified atom stereocenters. The van der Waals surface area contributed by atoms with Crippen LogP contribution in [0.5, 0.6) is 0 Å². The van der Waals surface area contributed by atoms with Gasteiger partial charge >= 0.3 is 0 Å². The zero-order valence-corrected chi connectivity index (χ0v) is 13.7. The summed E-state index contributed by atoms with van der Waals surface area (Å²) in [5, 5.41) is 3.35. The minimum absolute atomic E-state index is 0.637. The van der Waals surface area contributed by atoms with Crippen LogP contribution >= 0.6 is 0 Å². The Labute approximate surface area is 129 Å². The SMILES string of the molecule is CNCC(Cc1ccc(C)cc1)Cc1cc(C)ccc1C. The molecule has 2 aromatic carbocycles. The molecule has 0 bridgehead atoms. The number of hydrogen-bond donors (Lipinski definition) is 1. The van der Waals surface area contributed by atoms with Crippen LogP contribution in [-0.2, 0) is 12.8 Å². The standard InChI is InChI=1S/C20H27N/c1-15-6-9-18(10-7-15)12-19(14-21-4)13-20-11-16(2)5-8-17(20)3/h5-11,19,21H,12-14H2,1-4H3. The first kappa shape index (κ1) is 15.8. The van der Waals surface area contributed by atoms with Gasteiger partial charge in [-0.15, -0.1) is 0 Å². The van der Waals surface area contributed by atoms with Crippen LogP contribution in [0.2, 0.25) is 0 Å². The summed E-state index contributed by atoms with van der Waals surface area (Å²) >= 11 is 0. The number of rotatable bonds is 6. The Morgan fingerprint density at radius 1 is 0.857 bits per heavy atom. The third-order valence-electron chi connectivity index (χ3n) is 4.15. The van der Waals surface area contributed by atoms with Gasteiger partial charge in [0.05, 0.1) is 0 Å². The van der Waals surface area contributed by atoms with Gasteiger partial charge in [-0.3, -0.25) is 0 Å². The first-order valence-corrected chi connectivity index (χ1v) is 7.84. The van der Waals surface area contributed by atoms with E-state index in [1.165, 1.54) is 27.8 Å². The maximum absolute atomic E-state index is 3.35. The zero-order valence-electron chi connectivity index (χ0n) is 13.7. The van der Waals surface area contributed by atoms with Gasteiger partial charge in [0.25, 0.3) is 0 Å². The van der Waals surface area contributed by atoms with Crippen molar-refractivity contribution in [1.29, 1.82) is 0 Å². The van der Waals surface area contributed by atoms with Crippen molar-refractivity contribution in [3.63, 3.8) is 0 Å². The molecule has 0 aromatic heterocycles. The highest BCUT2D eigenvalue weighted by Crippen LogP contribution is 2.19. The van der Waals surface area contributed by atoms with Crippen molar-refractivity contribution >= 4 is 0 Å². The lowest BCUT2D eigenvalue weighted by atomic mass is 9.90. The summed E-state index contributed by atoms with van der Waals surface area (Å²) in [6.45, 7) is 7.60. The second-order valence-corrected chi connectivity index (χ2v) is 6.25. The maximum Gasteiger partial charge on any atom is -0.00172 e. The molecule has 0 heterocycles. The van der Waals surface area contributed by atoms with E-state index in [-0.39, 0.29) is 0 Å². The molecule has 0 amide bonds. The second kappa shape index (κ2) is 7.42. The average Bonchev–Trinajstić information content (AvgIpc) is 2.45. The van der Waals surface area contributed by atoms with Crippen molar-refractivity contribution in [2.24, 2.45) is 5.92 Å². The van der Waals surface area contributed by atoms with Crippen molar-refractivity contribution in [2.75, 3.05) is 13.6 Å². The van der Waals surface area contributed by atoms with E-state index in [0.717, 1.165) is 19.4 Å². The zero-order chi connectivity index (χ0) is 15.2. The van der Waals surface area contributed by atoms with Crippen LogP contribution in [-0.4, -0.2) is 13.6 Å². The molecule has 0 aliphatic heterocycles. The maximum atomic E-state index is 3.35.